The summed E-state index contributed by atoms with van der Waals surface area (Å²) in [7, 11) is 0. The number of fused-ring (bicyclic) bond motifs is 1. The molecule has 2 heterocycles. The van der Waals surface area contributed by atoms with E-state index in [-0.39, 0.29) is 12.2 Å². The lowest BCUT2D eigenvalue weighted by atomic mass is 10.2. The summed E-state index contributed by atoms with van der Waals surface area (Å²) < 4.78 is 6.82. The van der Waals surface area contributed by atoms with Crippen LogP contribution < -0.4 is 4.74 Å². The van der Waals surface area contributed by atoms with Crippen molar-refractivity contribution < 1.29 is 19.7 Å². The zero-order valence-corrected chi connectivity index (χ0v) is 10.1. The molecule has 0 atom stereocenters. The largest absolute Gasteiger partial charge is 0.489 e. The van der Waals surface area contributed by atoms with E-state index in [1.165, 1.54) is 10.7 Å². The van der Waals surface area contributed by atoms with Crippen LogP contribution in [0.4, 0.5) is 0 Å². The topological polar surface area (TPSA) is 84.1 Å². The van der Waals surface area contributed by atoms with E-state index in [9.17, 15) is 9.90 Å². The summed E-state index contributed by atoms with van der Waals surface area (Å²) in [4.78, 5) is 10.9. The molecular formula is C12H14N2O4. The molecule has 6 heteroatoms. The zero-order chi connectivity index (χ0) is 13.3. The van der Waals surface area contributed by atoms with Gasteiger partial charge >= 0.3 is 5.97 Å². The molecule has 6 nitrogen and oxygen atoms in total. The van der Waals surface area contributed by atoms with E-state index in [4.69, 9.17) is 9.84 Å². The maximum atomic E-state index is 10.9. The van der Waals surface area contributed by atoms with E-state index in [2.05, 4.69) is 5.10 Å². The van der Waals surface area contributed by atoms with Gasteiger partial charge < -0.3 is 14.9 Å². The van der Waals surface area contributed by atoms with E-state index < -0.39 is 11.6 Å². The van der Waals surface area contributed by atoms with Gasteiger partial charge in [-0.15, -0.1) is 0 Å². The van der Waals surface area contributed by atoms with Crippen LogP contribution in [0.15, 0.2) is 24.5 Å². The van der Waals surface area contributed by atoms with Crippen LogP contribution in [0.1, 0.15) is 24.2 Å². The van der Waals surface area contributed by atoms with Crippen molar-refractivity contribution in [2.24, 2.45) is 0 Å². The molecule has 0 fully saturated rings. The van der Waals surface area contributed by atoms with Crippen LogP contribution in [-0.2, 0) is 0 Å². The van der Waals surface area contributed by atoms with E-state index in [1.54, 1.807) is 32.2 Å². The molecule has 0 bridgehead atoms. The molecular weight excluding hydrogens is 236 g/mol. The van der Waals surface area contributed by atoms with Gasteiger partial charge in [0.1, 0.15) is 17.9 Å². The van der Waals surface area contributed by atoms with Gasteiger partial charge in [0.25, 0.3) is 0 Å². The number of pyridine rings is 1. The van der Waals surface area contributed by atoms with E-state index in [0.717, 1.165) is 0 Å². The van der Waals surface area contributed by atoms with Gasteiger partial charge in [-0.05, 0) is 26.0 Å². The highest BCUT2D eigenvalue weighted by molar-refractivity contribution is 5.95. The second-order valence-electron chi connectivity index (χ2n) is 4.66. The molecule has 0 spiro atoms. The smallest absolute Gasteiger partial charge is 0.339 e. The molecule has 2 aromatic heterocycles. The Morgan fingerprint density at radius 3 is 2.83 bits per heavy atom. The predicted molar refractivity (Wildman–Crippen MR) is 63.9 cm³/mol. The number of rotatable bonds is 4. The molecule has 0 saturated carbocycles. The Labute approximate surface area is 103 Å². The Kier molecular flexibility index (Phi) is 2.96. The SMILES string of the molecule is CC(C)(O)COc1ccc2c(C(=O)O)cnn2c1. The molecule has 0 aliphatic heterocycles. The van der Waals surface area contributed by atoms with E-state index in [0.29, 0.717) is 11.3 Å². The molecule has 0 unspecified atom stereocenters. The third-order valence-corrected chi connectivity index (χ3v) is 2.31. The minimum atomic E-state index is -1.02. The van der Waals surface area contributed by atoms with Crippen LogP contribution in [0.2, 0.25) is 0 Å². The number of hydrogen-bond acceptors (Lipinski definition) is 4. The molecule has 96 valence electrons. The first-order valence-electron chi connectivity index (χ1n) is 5.43. The summed E-state index contributed by atoms with van der Waals surface area (Å²) in [6.07, 6.45) is 2.87. The maximum absolute atomic E-state index is 10.9. The number of aromatic carboxylic acids is 1. The van der Waals surface area contributed by atoms with Crippen molar-refractivity contribution in [1.29, 1.82) is 0 Å². The molecule has 0 aliphatic rings. The molecule has 2 N–H and O–H groups in total. The second-order valence-corrected chi connectivity index (χ2v) is 4.66. The average molecular weight is 250 g/mol. The number of aliphatic hydroxyl groups is 1. The minimum absolute atomic E-state index is 0.143. The molecule has 2 aromatic rings. The van der Waals surface area contributed by atoms with Gasteiger partial charge in [-0.2, -0.15) is 5.10 Å². The van der Waals surface area contributed by atoms with E-state index >= 15 is 0 Å². The predicted octanol–water partition coefficient (Wildman–Crippen LogP) is 1.18. The average Bonchev–Trinajstić information content (AvgIpc) is 2.68. The molecule has 0 radical (unpaired) electrons. The number of ether oxygens (including phenoxy) is 1. The summed E-state index contributed by atoms with van der Waals surface area (Å²) in [5.74, 6) is -0.500. The van der Waals surface area contributed by atoms with Crippen molar-refractivity contribution in [2.45, 2.75) is 19.4 Å². The lowest BCUT2D eigenvalue weighted by Gasteiger charge is -2.17. The van der Waals surface area contributed by atoms with Crippen molar-refractivity contribution in [3.63, 3.8) is 0 Å². The van der Waals surface area contributed by atoms with Gasteiger partial charge in [-0.3, -0.25) is 0 Å². The van der Waals surface area contributed by atoms with Gasteiger partial charge in [-0.1, -0.05) is 0 Å². The number of carboxylic acid groups (broad SMARTS) is 1. The van der Waals surface area contributed by atoms with Crippen LogP contribution in [-0.4, -0.2) is 38.0 Å². The van der Waals surface area contributed by atoms with Crippen molar-refractivity contribution in [1.82, 2.24) is 9.61 Å². The number of nitrogens with zero attached hydrogens (tertiary/aromatic N) is 2. The Bertz CT molecular complexity index is 583. The van der Waals surface area contributed by atoms with Crippen LogP contribution in [0.5, 0.6) is 5.75 Å². The van der Waals surface area contributed by atoms with Crippen LogP contribution in [0.3, 0.4) is 0 Å². The Morgan fingerprint density at radius 2 is 2.22 bits per heavy atom. The molecule has 0 amide bonds. The van der Waals surface area contributed by atoms with Crippen molar-refractivity contribution in [3.05, 3.63) is 30.1 Å². The molecule has 0 aromatic carbocycles. The highest BCUT2D eigenvalue weighted by atomic mass is 16.5. The Morgan fingerprint density at radius 1 is 1.50 bits per heavy atom. The van der Waals surface area contributed by atoms with E-state index in [1.807, 2.05) is 0 Å². The van der Waals surface area contributed by atoms with Crippen molar-refractivity contribution >= 4 is 11.5 Å². The lowest BCUT2D eigenvalue weighted by molar-refractivity contribution is 0.0283. The fourth-order valence-electron chi connectivity index (χ4n) is 1.48. The standard InChI is InChI=1S/C12H14N2O4/c1-12(2,17)7-18-8-3-4-10-9(11(15)16)5-13-14(10)6-8/h3-6,17H,7H2,1-2H3,(H,15,16). The van der Waals surface area contributed by atoms with Crippen molar-refractivity contribution in [3.8, 4) is 5.75 Å². The lowest BCUT2D eigenvalue weighted by Crippen LogP contribution is -2.27. The van der Waals surface area contributed by atoms with Gasteiger partial charge in [-0.25, -0.2) is 9.31 Å². The number of hydrogen-bond donors (Lipinski definition) is 2. The number of carbonyl (C=O) groups is 1. The maximum Gasteiger partial charge on any atom is 0.339 e. The molecule has 0 aliphatic carbocycles. The summed E-state index contributed by atoms with van der Waals surface area (Å²) in [6, 6.07) is 3.27. The first kappa shape index (κ1) is 12.4. The van der Waals surface area contributed by atoms with Gasteiger partial charge in [0.05, 0.1) is 23.5 Å². The highest BCUT2D eigenvalue weighted by Crippen LogP contribution is 2.17. The summed E-state index contributed by atoms with van der Waals surface area (Å²) in [6.45, 7) is 3.43. The quantitative estimate of drug-likeness (QED) is 0.851. The van der Waals surface area contributed by atoms with Crippen LogP contribution >= 0.6 is 0 Å². The van der Waals surface area contributed by atoms with Crippen molar-refractivity contribution in [2.75, 3.05) is 6.61 Å². The molecule has 2 rings (SSSR count). The monoisotopic (exact) mass is 250 g/mol. The first-order valence-corrected chi connectivity index (χ1v) is 5.43. The Hall–Kier alpha value is -2.08. The molecule has 18 heavy (non-hydrogen) atoms. The third-order valence-electron chi connectivity index (χ3n) is 2.31. The number of carboxylic acids is 1. The van der Waals surface area contributed by atoms with Gasteiger partial charge in [0.2, 0.25) is 0 Å². The van der Waals surface area contributed by atoms with Gasteiger partial charge in [0.15, 0.2) is 0 Å². The van der Waals surface area contributed by atoms with Gasteiger partial charge in [0, 0.05) is 0 Å². The number of aromatic nitrogens is 2. The Balaban J connectivity index is 2.26. The second kappa shape index (κ2) is 4.30. The highest BCUT2D eigenvalue weighted by Gasteiger charge is 2.15. The summed E-state index contributed by atoms with van der Waals surface area (Å²) >= 11 is 0. The van der Waals surface area contributed by atoms with Crippen LogP contribution in [0.25, 0.3) is 5.52 Å². The minimum Gasteiger partial charge on any atom is -0.489 e. The third kappa shape index (κ3) is 2.60. The summed E-state index contributed by atoms with van der Waals surface area (Å²) in [5.41, 5.74) is -0.284. The first-order chi connectivity index (χ1) is 8.37. The normalized spacial score (nSPS) is 11.7. The molecule has 0 saturated heterocycles. The fourth-order valence-corrected chi connectivity index (χ4v) is 1.48. The van der Waals surface area contributed by atoms with Crippen LogP contribution in [0, 0.1) is 0 Å². The fraction of sp³-hybridized carbons (Fsp3) is 0.333. The summed E-state index contributed by atoms with van der Waals surface area (Å²) in [5, 5.41) is 22.4. The zero-order valence-electron chi connectivity index (χ0n) is 10.1.